The third-order valence-corrected chi connectivity index (χ3v) is 4.17. The van der Waals surface area contributed by atoms with Crippen LogP contribution in [0.2, 0.25) is 0 Å². The van der Waals surface area contributed by atoms with Crippen molar-refractivity contribution in [3.8, 4) is 0 Å². The number of ether oxygens (including phenoxy) is 1. The van der Waals surface area contributed by atoms with Gasteiger partial charge in [-0.1, -0.05) is 18.2 Å². The molecule has 1 aromatic heterocycles. The Morgan fingerprint density at radius 2 is 2.04 bits per heavy atom. The summed E-state index contributed by atoms with van der Waals surface area (Å²) >= 11 is 0. The van der Waals surface area contributed by atoms with E-state index in [0.29, 0.717) is 17.7 Å². The van der Waals surface area contributed by atoms with Gasteiger partial charge in [0.15, 0.2) is 0 Å². The Morgan fingerprint density at radius 3 is 2.81 bits per heavy atom. The average Bonchev–Trinajstić information content (AvgIpc) is 3.19. The number of nitrogens with one attached hydrogen (secondary N) is 2. The molecule has 1 unspecified atom stereocenters. The lowest BCUT2D eigenvalue weighted by atomic mass is 10.1. The van der Waals surface area contributed by atoms with Crippen molar-refractivity contribution in [2.45, 2.75) is 25.5 Å². The highest BCUT2D eigenvalue weighted by Gasteiger charge is 2.18. The van der Waals surface area contributed by atoms with Crippen molar-refractivity contribution < 1.29 is 18.7 Å². The number of aromatic nitrogens is 1. The number of hydrogen-bond donors (Lipinski definition) is 2. The van der Waals surface area contributed by atoms with E-state index in [1.54, 1.807) is 18.2 Å². The van der Waals surface area contributed by atoms with Gasteiger partial charge in [-0.2, -0.15) is 0 Å². The van der Waals surface area contributed by atoms with Crippen LogP contribution in [0.1, 0.15) is 39.3 Å². The molecule has 1 aromatic carbocycles. The van der Waals surface area contributed by atoms with Gasteiger partial charge in [0.05, 0.1) is 6.10 Å². The molecule has 1 fully saturated rings. The van der Waals surface area contributed by atoms with E-state index < -0.39 is 5.91 Å². The zero-order chi connectivity index (χ0) is 18.4. The quantitative estimate of drug-likeness (QED) is 0.829. The summed E-state index contributed by atoms with van der Waals surface area (Å²) in [6.45, 7) is 1.20. The number of benzene rings is 1. The molecular formula is C19H20FN3O3. The lowest BCUT2D eigenvalue weighted by molar-refractivity contribution is 0.0853. The highest BCUT2D eigenvalue weighted by molar-refractivity contribution is 5.98. The molecule has 1 atom stereocenters. The molecule has 0 aliphatic carbocycles. The zero-order valence-electron chi connectivity index (χ0n) is 14.2. The number of hydrogen-bond acceptors (Lipinski definition) is 4. The maximum Gasteiger partial charge on any atom is 0.269 e. The molecule has 7 heteroatoms. The molecule has 2 heterocycles. The molecule has 2 amide bonds. The van der Waals surface area contributed by atoms with Gasteiger partial charge >= 0.3 is 0 Å². The normalized spacial score (nSPS) is 16.3. The minimum absolute atomic E-state index is 0.0335. The first kappa shape index (κ1) is 18.0. The Balaban J connectivity index is 1.58. The van der Waals surface area contributed by atoms with Crippen LogP contribution < -0.4 is 10.6 Å². The number of carbonyl (C=O) groups is 2. The monoisotopic (exact) mass is 357 g/mol. The van der Waals surface area contributed by atoms with E-state index in [-0.39, 0.29) is 30.1 Å². The van der Waals surface area contributed by atoms with Crippen molar-refractivity contribution in [1.82, 2.24) is 15.6 Å². The molecule has 0 bridgehead atoms. The van der Waals surface area contributed by atoms with E-state index in [4.69, 9.17) is 4.74 Å². The van der Waals surface area contributed by atoms with Gasteiger partial charge in [-0.3, -0.25) is 14.6 Å². The van der Waals surface area contributed by atoms with Crippen molar-refractivity contribution in [2.24, 2.45) is 0 Å². The van der Waals surface area contributed by atoms with Crippen LogP contribution >= 0.6 is 0 Å². The van der Waals surface area contributed by atoms with Gasteiger partial charge in [0.2, 0.25) is 0 Å². The molecule has 1 saturated heterocycles. The predicted molar refractivity (Wildman–Crippen MR) is 93.1 cm³/mol. The van der Waals surface area contributed by atoms with Gasteiger partial charge in [0, 0.05) is 37.0 Å². The fourth-order valence-corrected chi connectivity index (χ4v) is 2.72. The first-order chi connectivity index (χ1) is 12.6. The smallest absolute Gasteiger partial charge is 0.269 e. The second kappa shape index (κ2) is 8.53. The third-order valence-electron chi connectivity index (χ3n) is 4.17. The van der Waals surface area contributed by atoms with Crippen LogP contribution in [0.4, 0.5) is 4.39 Å². The summed E-state index contributed by atoms with van der Waals surface area (Å²) in [5.74, 6) is -1.13. The molecule has 0 radical (unpaired) electrons. The Morgan fingerprint density at radius 1 is 1.19 bits per heavy atom. The van der Waals surface area contributed by atoms with Crippen molar-refractivity contribution in [3.63, 3.8) is 0 Å². The van der Waals surface area contributed by atoms with Gasteiger partial charge < -0.3 is 15.4 Å². The van der Waals surface area contributed by atoms with Crippen molar-refractivity contribution in [3.05, 3.63) is 65.2 Å². The number of rotatable bonds is 6. The van der Waals surface area contributed by atoms with E-state index >= 15 is 0 Å². The third kappa shape index (κ3) is 4.64. The number of halogens is 1. The molecule has 0 spiro atoms. The van der Waals surface area contributed by atoms with Crippen LogP contribution in [0.15, 0.2) is 42.6 Å². The maximum absolute atomic E-state index is 13.6. The topological polar surface area (TPSA) is 80.3 Å². The van der Waals surface area contributed by atoms with E-state index in [1.807, 2.05) is 0 Å². The summed E-state index contributed by atoms with van der Waals surface area (Å²) in [4.78, 5) is 28.5. The van der Waals surface area contributed by atoms with E-state index in [0.717, 1.165) is 19.4 Å². The maximum atomic E-state index is 13.6. The second-order valence-electron chi connectivity index (χ2n) is 6.05. The lowest BCUT2D eigenvalue weighted by Crippen LogP contribution is -2.32. The molecular weight excluding hydrogens is 337 g/mol. The molecule has 1 aliphatic rings. The molecule has 3 rings (SSSR count). The SMILES string of the molecule is O=C(NCc1ccccc1F)c1ccnc(C(=O)NCC2CCCO2)c1. The predicted octanol–water partition coefficient (Wildman–Crippen LogP) is 2.06. The highest BCUT2D eigenvalue weighted by atomic mass is 19.1. The molecule has 1 aliphatic heterocycles. The van der Waals surface area contributed by atoms with Gasteiger partial charge in [-0.15, -0.1) is 0 Å². The summed E-state index contributed by atoms with van der Waals surface area (Å²) in [7, 11) is 0. The van der Waals surface area contributed by atoms with Gasteiger partial charge in [0.1, 0.15) is 11.5 Å². The van der Waals surface area contributed by atoms with Crippen LogP contribution in [0.5, 0.6) is 0 Å². The molecule has 6 nitrogen and oxygen atoms in total. The summed E-state index contributed by atoms with van der Waals surface area (Å²) in [5, 5.41) is 5.41. The van der Waals surface area contributed by atoms with E-state index in [2.05, 4.69) is 15.6 Å². The Labute approximate surface area is 150 Å². The highest BCUT2D eigenvalue weighted by Crippen LogP contribution is 2.11. The van der Waals surface area contributed by atoms with Crippen LogP contribution in [-0.4, -0.2) is 36.1 Å². The Bertz CT molecular complexity index is 791. The van der Waals surface area contributed by atoms with Crippen LogP contribution in [0.3, 0.4) is 0 Å². The second-order valence-corrected chi connectivity index (χ2v) is 6.05. The minimum atomic E-state index is -0.399. The molecule has 0 saturated carbocycles. The van der Waals surface area contributed by atoms with Gasteiger partial charge in [-0.25, -0.2) is 4.39 Å². The Kier molecular flexibility index (Phi) is 5.91. The largest absolute Gasteiger partial charge is 0.376 e. The fourth-order valence-electron chi connectivity index (χ4n) is 2.72. The summed E-state index contributed by atoms with van der Waals surface area (Å²) in [5.41, 5.74) is 0.838. The molecule has 26 heavy (non-hydrogen) atoms. The number of carbonyl (C=O) groups excluding carboxylic acids is 2. The van der Waals surface area contributed by atoms with Crippen molar-refractivity contribution >= 4 is 11.8 Å². The molecule has 136 valence electrons. The number of nitrogens with zero attached hydrogens (tertiary/aromatic N) is 1. The standard InChI is InChI=1S/C19H20FN3O3/c20-16-6-2-1-4-14(16)11-22-18(24)13-7-8-21-17(10-13)19(25)23-12-15-5-3-9-26-15/h1-2,4,6-8,10,15H,3,5,9,11-12H2,(H,22,24)(H,23,25). The summed E-state index contributed by atoms with van der Waals surface area (Å²) in [6, 6.07) is 9.16. The van der Waals surface area contributed by atoms with Crippen LogP contribution in [0, 0.1) is 5.82 Å². The average molecular weight is 357 g/mol. The summed E-state index contributed by atoms with van der Waals surface area (Å²) < 4.78 is 19.1. The van der Waals surface area contributed by atoms with Crippen LogP contribution in [-0.2, 0) is 11.3 Å². The number of amides is 2. The molecule has 2 N–H and O–H groups in total. The van der Waals surface area contributed by atoms with Crippen molar-refractivity contribution in [1.29, 1.82) is 0 Å². The van der Waals surface area contributed by atoms with Gasteiger partial charge in [-0.05, 0) is 31.0 Å². The first-order valence-electron chi connectivity index (χ1n) is 8.51. The van der Waals surface area contributed by atoms with E-state index in [1.165, 1.54) is 24.4 Å². The first-order valence-corrected chi connectivity index (χ1v) is 8.51. The number of pyridine rings is 1. The van der Waals surface area contributed by atoms with Gasteiger partial charge in [0.25, 0.3) is 11.8 Å². The lowest BCUT2D eigenvalue weighted by Gasteiger charge is -2.11. The summed E-state index contributed by atoms with van der Waals surface area (Å²) in [6.07, 6.45) is 3.35. The van der Waals surface area contributed by atoms with E-state index in [9.17, 15) is 14.0 Å². The van der Waals surface area contributed by atoms with Crippen LogP contribution in [0.25, 0.3) is 0 Å². The fraction of sp³-hybridized carbons (Fsp3) is 0.316. The van der Waals surface area contributed by atoms with Crippen molar-refractivity contribution in [2.75, 3.05) is 13.2 Å². The minimum Gasteiger partial charge on any atom is -0.376 e. The molecule has 2 aromatic rings. The Hall–Kier alpha value is -2.80. The zero-order valence-corrected chi connectivity index (χ0v) is 14.2.